The minimum atomic E-state index is -1.90. The monoisotopic (exact) mass is 392 g/mol. The van der Waals surface area contributed by atoms with Gasteiger partial charge in [-0.15, -0.1) is 0 Å². The Bertz CT molecular complexity index is 807. The summed E-state index contributed by atoms with van der Waals surface area (Å²) in [5, 5.41) is 33.7. The first kappa shape index (κ1) is 18.7. The van der Waals surface area contributed by atoms with Crippen LogP contribution in [0.25, 0.3) is 0 Å². The molecule has 2 aliphatic heterocycles. The molecule has 5 rings (SSSR count). The van der Waals surface area contributed by atoms with Crippen molar-refractivity contribution in [2.75, 3.05) is 6.61 Å². The van der Waals surface area contributed by atoms with Crippen LogP contribution in [0.15, 0.2) is 11.6 Å². The summed E-state index contributed by atoms with van der Waals surface area (Å²) in [5.41, 5.74) is -0.972. The number of hydrogen-bond acceptors (Lipinski definition) is 7. The van der Waals surface area contributed by atoms with Crippen LogP contribution in [0.1, 0.15) is 34.1 Å². The van der Waals surface area contributed by atoms with Gasteiger partial charge in [-0.2, -0.15) is 0 Å². The maximum absolute atomic E-state index is 12.7. The Hall–Kier alpha value is -1.28. The predicted molar refractivity (Wildman–Crippen MR) is 95.5 cm³/mol. The van der Waals surface area contributed by atoms with Crippen LogP contribution in [0.2, 0.25) is 0 Å². The van der Waals surface area contributed by atoms with Crippen LogP contribution >= 0.6 is 0 Å². The fourth-order valence-electron chi connectivity index (χ4n) is 8.01. The Labute approximate surface area is 163 Å². The summed E-state index contributed by atoms with van der Waals surface area (Å²) in [6.07, 6.45) is -1.11. The molecule has 28 heavy (non-hydrogen) atoms. The molecule has 0 aromatic heterocycles. The van der Waals surface area contributed by atoms with Gasteiger partial charge >= 0.3 is 5.97 Å². The van der Waals surface area contributed by atoms with Crippen molar-refractivity contribution >= 4 is 11.8 Å². The normalized spacial score (nSPS) is 59.9. The molecule has 0 amide bonds. The molecule has 5 aliphatic rings. The number of ether oxygens (including phenoxy) is 2. The number of carbonyl (C=O) groups excluding carboxylic acids is 2. The Morgan fingerprint density at radius 2 is 1.89 bits per heavy atom. The zero-order valence-corrected chi connectivity index (χ0v) is 16.6. The lowest BCUT2D eigenvalue weighted by atomic mass is 9.37. The molecule has 0 aromatic carbocycles. The van der Waals surface area contributed by atoms with Crippen molar-refractivity contribution in [2.24, 2.45) is 40.4 Å². The van der Waals surface area contributed by atoms with E-state index in [4.69, 9.17) is 9.47 Å². The molecule has 3 N–H and O–H groups in total. The predicted octanol–water partition coefficient (Wildman–Crippen LogP) is 0.412. The molecule has 7 heteroatoms. The minimum absolute atomic E-state index is 0.133. The van der Waals surface area contributed by atoms with E-state index in [0.717, 1.165) is 5.57 Å². The number of fused-ring (bicyclic) bond motifs is 1. The van der Waals surface area contributed by atoms with E-state index in [1.54, 1.807) is 6.92 Å². The van der Waals surface area contributed by atoms with E-state index in [1.807, 2.05) is 20.8 Å². The van der Waals surface area contributed by atoms with Crippen molar-refractivity contribution in [3.05, 3.63) is 11.6 Å². The van der Waals surface area contributed by atoms with Crippen LogP contribution in [0.3, 0.4) is 0 Å². The van der Waals surface area contributed by atoms with E-state index < -0.39 is 46.8 Å². The minimum Gasteiger partial charge on any atom is -0.461 e. The van der Waals surface area contributed by atoms with Gasteiger partial charge in [-0.3, -0.25) is 9.59 Å². The highest BCUT2D eigenvalue weighted by Crippen LogP contribution is 2.74. The van der Waals surface area contributed by atoms with Crippen LogP contribution in [-0.4, -0.2) is 57.8 Å². The molecule has 0 aromatic rings. The molecule has 0 unspecified atom stereocenters. The second kappa shape index (κ2) is 5.25. The first-order chi connectivity index (χ1) is 13.0. The zero-order chi connectivity index (χ0) is 20.4. The molecule has 1 spiro atoms. The third-order valence-corrected chi connectivity index (χ3v) is 8.98. The van der Waals surface area contributed by atoms with Crippen molar-refractivity contribution in [3.8, 4) is 0 Å². The molecule has 4 fully saturated rings. The van der Waals surface area contributed by atoms with Crippen molar-refractivity contribution in [1.29, 1.82) is 0 Å². The maximum Gasteiger partial charge on any atom is 0.309 e. The highest BCUT2D eigenvalue weighted by atomic mass is 16.6. The summed E-state index contributed by atoms with van der Waals surface area (Å²) in [4.78, 5) is 25.3. The molecular formula is C21H28O7. The van der Waals surface area contributed by atoms with Gasteiger partial charge in [0.15, 0.2) is 11.6 Å². The van der Waals surface area contributed by atoms with E-state index in [2.05, 4.69) is 0 Å². The number of carbonyl (C=O) groups is 2. The maximum atomic E-state index is 12.7. The van der Waals surface area contributed by atoms with Gasteiger partial charge in [-0.05, 0) is 37.2 Å². The van der Waals surface area contributed by atoms with Crippen LogP contribution in [0.4, 0.5) is 0 Å². The lowest BCUT2D eigenvalue weighted by Crippen LogP contribution is -2.76. The second-order valence-corrected chi connectivity index (χ2v) is 9.98. The van der Waals surface area contributed by atoms with Crippen LogP contribution in [-0.2, 0) is 19.1 Å². The standard InChI is InChI=1S/C21H28O7/c1-8-5-12(22)16(24)19(4)11(8)6-13-20-7-27-21(26,18(19)20)15(23)9(2)14(20)10(3)17(25)28-13/h5,9-11,13-16,18,23-24,26H,6-7H2,1-4H3/t9-,10-,11+,13-,14-,15-,16-,18-,19-,20+,21-/m1/s1. The van der Waals surface area contributed by atoms with E-state index in [9.17, 15) is 24.9 Å². The molecule has 154 valence electrons. The van der Waals surface area contributed by atoms with Crippen LogP contribution < -0.4 is 0 Å². The van der Waals surface area contributed by atoms with Gasteiger partial charge in [-0.25, -0.2) is 0 Å². The van der Waals surface area contributed by atoms with Crippen LogP contribution in [0, 0.1) is 40.4 Å². The van der Waals surface area contributed by atoms with Gasteiger partial charge in [0.2, 0.25) is 0 Å². The van der Waals surface area contributed by atoms with Gasteiger partial charge in [0.25, 0.3) is 0 Å². The number of aliphatic hydroxyl groups is 3. The third-order valence-electron chi connectivity index (χ3n) is 8.98. The lowest BCUT2D eigenvalue weighted by Gasteiger charge is -2.68. The van der Waals surface area contributed by atoms with Crippen molar-refractivity contribution in [2.45, 2.75) is 58.2 Å². The summed E-state index contributed by atoms with van der Waals surface area (Å²) in [5.74, 6) is -4.71. The number of ketones is 1. The number of aliphatic hydroxyl groups excluding tert-OH is 2. The molecule has 11 atom stereocenters. The van der Waals surface area contributed by atoms with Crippen molar-refractivity contribution in [1.82, 2.24) is 0 Å². The fourth-order valence-corrected chi connectivity index (χ4v) is 8.01. The Kier molecular flexibility index (Phi) is 3.51. The van der Waals surface area contributed by atoms with Gasteiger partial charge in [-0.1, -0.05) is 26.3 Å². The third kappa shape index (κ3) is 1.73. The first-order valence-electron chi connectivity index (χ1n) is 10.2. The average Bonchev–Trinajstić information content (AvgIpc) is 2.92. The summed E-state index contributed by atoms with van der Waals surface area (Å²) >= 11 is 0. The smallest absolute Gasteiger partial charge is 0.309 e. The van der Waals surface area contributed by atoms with Gasteiger partial charge < -0.3 is 24.8 Å². The quantitative estimate of drug-likeness (QED) is 0.512. The molecule has 2 bridgehead atoms. The van der Waals surface area contributed by atoms with E-state index in [0.29, 0.717) is 6.42 Å². The molecule has 2 heterocycles. The average molecular weight is 392 g/mol. The lowest BCUT2D eigenvalue weighted by molar-refractivity contribution is -0.336. The number of hydrogen-bond donors (Lipinski definition) is 3. The van der Waals surface area contributed by atoms with E-state index in [1.165, 1.54) is 6.08 Å². The second-order valence-electron chi connectivity index (χ2n) is 9.98. The summed E-state index contributed by atoms with van der Waals surface area (Å²) in [7, 11) is 0. The molecule has 0 radical (unpaired) electrons. The molecule has 2 saturated heterocycles. The number of allylic oxidation sites excluding steroid dienone is 1. The molecule has 3 aliphatic carbocycles. The molecule has 7 nitrogen and oxygen atoms in total. The Morgan fingerprint density at radius 3 is 2.57 bits per heavy atom. The number of esters is 1. The largest absolute Gasteiger partial charge is 0.461 e. The van der Waals surface area contributed by atoms with Crippen molar-refractivity contribution in [3.63, 3.8) is 0 Å². The highest BCUT2D eigenvalue weighted by Gasteiger charge is 2.82. The van der Waals surface area contributed by atoms with Crippen LogP contribution in [0.5, 0.6) is 0 Å². The summed E-state index contributed by atoms with van der Waals surface area (Å²) < 4.78 is 11.8. The van der Waals surface area contributed by atoms with Gasteiger partial charge in [0.05, 0.1) is 12.5 Å². The van der Waals surface area contributed by atoms with Crippen molar-refractivity contribution < 1.29 is 34.4 Å². The Balaban J connectivity index is 1.79. The Morgan fingerprint density at radius 1 is 1.21 bits per heavy atom. The summed E-state index contributed by atoms with van der Waals surface area (Å²) in [6, 6.07) is 0. The summed E-state index contributed by atoms with van der Waals surface area (Å²) in [6.45, 7) is 7.42. The SMILES string of the molecule is CC1=CC(=O)[C@@H](O)[C@]2(C)[C@H]3[C@]4(O)OC[C@]35[C@H]([C@@H](C)[C@H]4O)[C@@H](C)C(=O)O[C@@H]5C[C@@H]12. The number of rotatable bonds is 0. The molecular weight excluding hydrogens is 364 g/mol. The highest BCUT2D eigenvalue weighted by molar-refractivity contribution is 5.96. The first-order valence-corrected chi connectivity index (χ1v) is 10.2. The van der Waals surface area contributed by atoms with E-state index >= 15 is 0 Å². The fraction of sp³-hybridized carbons (Fsp3) is 0.810. The van der Waals surface area contributed by atoms with Gasteiger partial charge in [0, 0.05) is 16.7 Å². The topological polar surface area (TPSA) is 113 Å². The molecule has 2 saturated carbocycles. The van der Waals surface area contributed by atoms with Gasteiger partial charge in [0.1, 0.15) is 18.3 Å². The zero-order valence-electron chi connectivity index (χ0n) is 16.6. The van der Waals surface area contributed by atoms with E-state index in [-0.39, 0.29) is 36.1 Å².